The van der Waals surface area contributed by atoms with Crippen molar-refractivity contribution in [2.75, 3.05) is 34.3 Å². The lowest BCUT2D eigenvalue weighted by Crippen LogP contribution is -2.33. The lowest BCUT2D eigenvalue weighted by molar-refractivity contribution is 0.0907. The zero-order valence-corrected chi connectivity index (χ0v) is 13.7. The molecule has 2 unspecified atom stereocenters. The molecule has 0 bridgehead atoms. The van der Waals surface area contributed by atoms with Crippen molar-refractivity contribution in [1.82, 2.24) is 20.0 Å². The molecule has 2 rings (SSSR count). The highest BCUT2D eigenvalue weighted by Gasteiger charge is 2.32. The Morgan fingerprint density at radius 2 is 2.40 bits per heavy atom. The van der Waals surface area contributed by atoms with Gasteiger partial charge in [0.15, 0.2) is 5.78 Å². The van der Waals surface area contributed by atoms with Gasteiger partial charge >= 0.3 is 0 Å². The molecule has 2 heterocycles. The van der Waals surface area contributed by atoms with Crippen LogP contribution >= 0.6 is 15.9 Å². The van der Waals surface area contributed by atoms with Crippen molar-refractivity contribution < 1.29 is 9.53 Å². The molecule has 1 fully saturated rings. The van der Waals surface area contributed by atoms with Gasteiger partial charge in [0.1, 0.15) is 5.69 Å². The number of likely N-dealkylation sites (N-methyl/N-ethyl adjacent to an activating group) is 1. The minimum absolute atomic E-state index is 0.0766. The molecule has 1 saturated heterocycles. The van der Waals surface area contributed by atoms with Gasteiger partial charge in [-0.15, -0.1) is 0 Å². The van der Waals surface area contributed by atoms with E-state index in [1.54, 1.807) is 18.0 Å². The summed E-state index contributed by atoms with van der Waals surface area (Å²) in [5.41, 5.74) is 0.640. The van der Waals surface area contributed by atoms with Crippen LogP contribution in [0.1, 0.15) is 16.9 Å². The van der Waals surface area contributed by atoms with E-state index < -0.39 is 0 Å². The number of halogens is 1. The van der Waals surface area contributed by atoms with Crippen molar-refractivity contribution in [3.05, 3.63) is 16.4 Å². The summed E-state index contributed by atoms with van der Waals surface area (Å²) in [6.45, 7) is 2.25. The number of Topliss-reactive ketones (excluding diaryl/α,β-unsaturated/α-hetero) is 1. The van der Waals surface area contributed by atoms with Crippen molar-refractivity contribution in [1.29, 1.82) is 0 Å². The molecule has 1 aromatic heterocycles. The fourth-order valence-corrected chi connectivity index (χ4v) is 2.81. The van der Waals surface area contributed by atoms with E-state index in [1.165, 1.54) is 0 Å². The van der Waals surface area contributed by atoms with E-state index in [0.717, 1.165) is 17.6 Å². The zero-order valence-electron chi connectivity index (χ0n) is 12.1. The summed E-state index contributed by atoms with van der Waals surface area (Å²) in [5, 5.41) is 7.50. The Labute approximate surface area is 127 Å². The lowest BCUT2D eigenvalue weighted by atomic mass is 10.1. The van der Waals surface area contributed by atoms with E-state index in [0.29, 0.717) is 18.7 Å². The Morgan fingerprint density at radius 3 is 3.00 bits per heavy atom. The van der Waals surface area contributed by atoms with Crippen LogP contribution in [-0.2, 0) is 11.3 Å². The van der Waals surface area contributed by atoms with Gasteiger partial charge in [-0.1, -0.05) is 0 Å². The van der Waals surface area contributed by atoms with Crippen LogP contribution in [0, 0.1) is 0 Å². The molecule has 112 valence electrons. The summed E-state index contributed by atoms with van der Waals surface area (Å²) in [5.74, 6) is 0.0766. The van der Waals surface area contributed by atoms with Gasteiger partial charge in [0.2, 0.25) is 0 Å². The highest BCUT2D eigenvalue weighted by atomic mass is 79.9. The second-order valence-electron chi connectivity index (χ2n) is 5.29. The summed E-state index contributed by atoms with van der Waals surface area (Å²) in [7, 11) is 5.68. The Balaban J connectivity index is 2.11. The first-order chi connectivity index (χ1) is 9.52. The average molecular weight is 345 g/mol. The first-order valence-corrected chi connectivity index (χ1v) is 7.48. The van der Waals surface area contributed by atoms with Crippen LogP contribution < -0.4 is 5.32 Å². The van der Waals surface area contributed by atoms with E-state index in [2.05, 4.69) is 31.2 Å². The lowest BCUT2D eigenvalue weighted by Gasteiger charge is -2.14. The molecule has 2 atom stereocenters. The number of ether oxygens (including phenoxy) is 1. The SMILES string of the molecule is COC1CNC(C(=O)c2c(Br)cnn2CCN(C)C)C1. The highest BCUT2D eigenvalue weighted by Crippen LogP contribution is 2.21. The predicted molar refractivity (Wildman–Crippen MR) is 80.0 cm³/mol. The Kier molecular flexibility index (Phi) is 5.31. The number of carbonyl (C=O) groups is 1. The van der Waals surface area contributed by atoms with Crippen molar-refractivity contribution in [2.45, 2.75) is 25.1 Å². The van der Waals surface area contributed by atoms with E-state index in [1.807, 2.05) is 14.1 Å². The number of nitrogens with one attached hydrogen (secondary N) is 1. The molecular weight excluding hydrogens is 324 g/mol. The molecule has 0 saturated carbocycles. The smallest absolute Gasteiger partial charge is 0.198 e. The maximum atomic E-state index is 12.6. The Bertz CT molecular complexity index is 475. The van der Waals surface area contributed by atoms with Crippen LogP contribution in [0.25, 0.3) is 0 Å². The number of hydrogen-bond acceptors (Lipinski definition) is 5. The van der Waals surface area contributed by atoms with Crippen molar-refractivity contribution >= 4 is 21.7 Å². The number of hydrogen-bond donors (Lipinski definition) is 1. The fourth-order valence-electron chi connectivity index (χ4n) is 2.32. The fraction of sp³-hybridized carbons (Fsp3) is 0.692. The van der Waals surface area contributed by atoms with E-state index in [-0.39, 0.29) is 17.9 Å². The Hall–Kier alpha value is -0.760. The van der Waals surface area contributed by atoms with Crippen molar-refractivity contribution in [2.24, 2.45) is 0 Å². The summed E-state index contributed by atoms with van der Waals surface area (Å²) in [6, 6.07) is -0.189. The minimum Gasteiger partial charge on any atom is -0.380 e. The van der Waals surface area contributed by atoms with Gasteiger partial charge in [-0.3, -0.25) is 9.48 Å². The number of ketones is 1. The first kappa shape index (κ1) is 15.6. The standard InChI is InChI=1S/C13H21BrN4O2/c1-17(2)4-5-18-12(10(14)8-16-18)13(19)11-6-9(20-3)7-15-11/h8-9,11,15H,4-7H2,1-3H3. The molecule has 0 spiro atoms. The topological polar surface area (TPSA) is 59.4 Å². The van der Waals surface area contributed by atoms with Crippen LogP contribution in [0.5, 0.6) is 0 Å². The third kappa shape index (κ3) is 3.46. The van der Waals surface area contributed by atoms with Crippen LogP contribution in [0.2, 0.25) is 0 Å². The van der Waals surface area contributed by atoms with Gasteiger partial charge in [0.05, 0.1) is 29.4 Å². The van der Waals surface area contributed by atoms with Gasteiger partial charge in [0.25, 0.3) is 0 Å². The number of rotatable bonds is 6. The summed E-state index contributed by atoms with van der Waals surface area (Å²) >= 11 is 3.43. The third-order valence-electron chi connectivity index (χ3n) is 3.53. The largest absolute Gasteiger partial charge is 0.380 e. The van der Waals surface area contributed by atoms with Gasteiger partial charge in [0, 0.05) is 20.2 Å². The van der Waals surface area contributed by atoms with Gasteiger partial charge in [-0.05, 0) is 36.4 Å². The molecular formula is C13H21BrN4O2. The van der Waals surface area contributed by atoms with Crippen molar-refractivity contribution in [3.63, 3.8) is 0 Å². The van der Waals surface area contributed by atoms with Gasteiger partial charge in [-0.2, -0.15) is 5.10 Å². The molecule has 1 aromatic rings. The number of methoxy groups -OCH3 is 1. The monoisotopic (exact) mass is 344 g/mol. The average Bonchev–Trinajstić information content (AvgIpc) is 3.02. The molecule has 6 nitrogen and oxygen atoms in total. The van der Waals surface area contributed by atoms with Gasteiger partial charge in [-0.25, -0.2) is 0 Å². The van der Waals surface area contributed by atoms with Crippen molar-refractivity contribution in [3.8, 4) is 0 Å². The molecule has 1 aliphatic heterocycles. The third-order valence-corrected chi connectivity index (χ3v) is 4.11. The molecule has 0 aliphatic carbocycles. The van der Waals surface area contributed by atoms with Crippen LogP contribution in [0.3, 0.4) is 0 Å². The molecule has 1 N–H and O–H groups in total. The van der Waals surface area contributed by atoms with E-state index in [4.69, 9.17) is 4.74 Å². The number of nitrogens with zero attached hydrogens (tertiary/aromatic N) is 3. The molecule has 0 radical (unpaired) electrons. The predicted octanol–water partition coefficient (Wildman–Crippen LogP) is 0.767. The molecule has 1 aliphatic rings. The quantitative estimate of drug-likeness (QED) is 0.772. The normalized spacial score (nSPS) is 22.6. The number of aromatic nitrogens is 2. The minimum atomic E-state index is -0.189. The second kappa shape index (κ2) is 6.80. The van der Waals surface area contributed by atoms with Crippen LogP contribution in [-0.4, -0.2) is 66.9 Å². The molecule has 20 heavy (non-hydrogen) atoms. The van der Waals surface area contributed by atoms with Crippen LogP contribution in [0.4, 0.5) is 0 Å². The highest BCUT2D eigenvalue weighted by molar-refractivity contribution is 9.10. The second-order valence-corrected chi connectivity index (χ2v) is 6.14. The Morgan fingerprint density at radius 1 is 1.65 bits per heavy atom. The summed E-state index contributed by atoms with van der Waals surface area (Å²) in [4.78, 5) is 14.7. The maximum Gasteiger partial charge on any atom is 0.198 e. The van der Waals surface area contributed by atoms with E-state index >= 15 is 0 Å². The first-order valence-electron chi connectivity index (χ1n) is 6.69. The summed E-state index contributed by atoms with van der Waals surface area (Å²) < 4.78 is 7.82. The maximum absolute atomic E-state index is 12.6. The van der Waals surface area contributed by atoms with Gasteiger partial charge < -0.3 is 15.0 Å². The van der Waals surface area contributed by atoms with E-state index in [9.17, 15) is 4.79 Å². The molecule has 0 amide bonds. The number of carbonyl (C=O) groups excluding carboxylic acids is 1. The zero-order chi connectivity index (χ0) is 14.7. The van der Waals surface area contributed by atoms with Crippen LogP contribution in [0.15, 0.2) is 10.7 Å². The summed E-state index contributed by atoms with van der Waals surface area (Å²) in [6.07, 6.45) is 2.51. The molecule has 0 aromatic carbocycles. The molecule has 7 heteroatoms.